The first-order valence-corrected chi connectivity index (χ1v) is 10.9. The summed E-state index contributed by atoms with van der Waals surface area (Å²) in [4.78, 5) is 14.3. The Labute approximate surface area is 173 Å². The van der Waals surface area contributed by atoms with E-state index in [1.165, 1.54) is 18.4 Å². The molecule has 3 aromatic rings. The van der Waals surface area contributed by atoms with Gasteiger partial charge in [-0.3, -0.25) is 4.90 Å². The van der Waals surface area contributed by atoms with E-state index in [1.807, 2.05) is 24.3 Å². The van der Waals surface area contributed by atoms with Crippen LogP contribution in [0.1, 0.15) is 51.5 Å². The Morgan fingerprint density at radius 2 is 2.07 bits per heavy atom. The molecule has 1 aliphatic rings. The molecule has 0 radical (unpaired) electrons. The second kappa shape index (κ2) is 8.95. The third kappa shape index (κ3) is 4.78. The van der Waals surface area contributed by atoms with Gasteiger partial charge in [0.15, 0.2) is 11.5 Å². The number of rotatable bonds is 8. The fourth-order valence-electron chi connectivity index (χ4n) is 4.17. The number of nitrogens with zero attached hydrogens (tertiary/aromatic N) is 4. The lowest BCUT2D eigenvalue weighted by Gasteiger charge is -2.27. The number of benzene rings is 1. The third-order valence-corrected chi connectivity index (χ3v) is 5.95. The Hall–Kier alpha value is -2.40. The van der Waals surface area contributed by atoms with Crippen LogP contribution in [0, 0.1) is 0 Å². The highest BCUT2D eigenvalue weighted by Crippen LogP contribution is 2.23. The van der Waals surface area contributed by atoms with Crippen molar-refractivity contribution in [1.82, 2.24) is 14.9 Å². The maximum absolute atomic E-state index is 5.85. The second-order valence-corrected chi connectivity index (χ2v) is 8.45. The predicted molar refractivity (Wildman–Crippen MR) is 118 cm³/mol. The van der Waals surface area contributed by atoms with Crippen molar-refractivity contribution in [2.24, 2.45) is 0 Å². The van der Waals surface area contributed by atoms with Crippen LogP contribution in [0.15, 0.2) is 47.0 Å². The summed E-state index contributed by atoms with van der Waals surface area (Å²) in [6, 6.07) is 13.5. The summed E-state index contributed by atoms with van der Waals surface area (Å²) in [5, 5.41) is 0. The monoisotopic (exact) mass is 392 g/mol. The van der Waals surface area contributed by atoms with Gasteiger partial charge in [-0.2, -0.15) is 0 Å². The molecule has 5 nitrogen and oxygen atoms in total. The summed E-state index contributed by atoms with van der Waals surface area (Å²) in [5.74, 6) is 1.95. The van der Waals surface area contributed by atoms with Gasteiger partial charge in [0.05, 0.1) is 0 Å². The molecule has 0 bridgehead atoms. The van der Waals surface area contributed by atoms with Gasteiger partial charge >= 0.3 is 0 Å². The van der Waals surface area contributed by atoms with E-state index in [0.717, 1.165) is 55.3 Å². The van der Waals surface area contributed by atoms with E-state index in [9.17, 15) is 0 Å². The predicted octanol–water partition coefficient (Wildman–Crippen LogP) is 5.05. The first-order chi connectivity index (χ1) is 14.1. The number of fused-ring (bicyclic) bond motifs is 1. The first-order valence-electron chi connectivity index (χ1n) is 10.9. The number of oxazole rings is 1. The van der Waals surface area contributed by atoms with Crippen LogP contribution in [0.2, 0.25) is 0 Å². The van der Waals surface area contributed by atoms with Gasteiger partial charge in [0, 0.05) is 37.8 Å². The van der Waals surface area contributed by atoms with Crippen LogP contribution in [0.5, 0.6) is 0 Å². The molecular weight excluding hydrogens is 360 g/mol. The van der Waals surface area contributed by atoms with E-state index in [1.54, 1.807) is 0 Å². The lowest BCUT2D eigenvalue weighted by molar-refractivity contribution is 0.208. The zero-order valence-corrected chi connectivity index (χ0v) is 17.8. The first kappa shape index (κ1) is 19.9. The summed E-state index contributed by atoms with van der Waals surface area (Å²) in [7, 11) is 0. The maximum atomic E-state index is 5.85. The standard InChI is InChI=1S/C24H32N4O/c1-18(2)27(14-7-11-24-26-21-9-4-5-10-22(21)29-24)17-20-12-13-23(25-16-20)28-15-6-8-19(28)3/h4-5,9-10,12-13,16,18-19H,6-8,11,14-15,17H2,1-3H3/t19-/m0/s1. The van der Waals surface area contributed by atoms with Crippen molar-refractivity contribution in [2.45, 2.75) is 65.1 Å². The molecule has 0 aliphatic carbocycles. The Morgan fingerprint density at radius 3 is 2.76 bits per heavy atom. The molecule has 0 N–H and O–H groups in total. The Morgan fingerprint density at radius 1 is 1.21 bits per heavy atom. The normalized spacial score (nSPS) is 17.1. The van der Waals surface area contributed by atoms with Crippen LogP contribution in [-0.4, -0.2) is 40.0 Å². The highest BCUT2D eigenvalue weighted by atomic mass is 16.3. The van der Waals surface area contributed by atoms with Crippen molar-refractivity contribution in [3.05, 3.63) is 54.0 Å². The topological polar surface area (TPSA) is 45.4 Å². The molecule has 3 heterocycles. The summed E-state index contributed by atoms with van der Waals surface area (Å²) >= 11 is 0. The zero-order chi connectivity index (χ0) is 20.2. The van der Waals surface area contributed by atoms with E-state index < -0.39 is 0 Å². The molecule has 4 rings (SSSR count). The van der Waals surface area contributed by atoms with E-state index in [-0.39, 0.29) is 0 Å². The van der Waals surface area contributed by atoms with Gasteiger partial charge in [-0.1, -0.05) is 18.2 Å². The molecule has 2 aromatic heterocycles. The fourth-order valence-corrected chi connectivity index (χ4v) is 4.17. The number of hydrogen-bond donors (Lipinski definition) is 0. The zero-order valence-electron chi connectivity index (χ0n) is 17.8. The molecule has 1 aliphatic heterocycles. The molecule has 1 saturated heterocycles. The minimum absolute atomic E-state index is 0.483. The van der Waals surface area contributed by atoms with Crippen molar-refractivity contribution in [3.8, 4) is 0 Å². The minimum atomic E-state index is 0.483. The molecule has 0 saturated carbocycles. The van der Waals surface area contributed by atoms with Crippen LogP contribution in [0.3, 0.4) is 0 Å². The van der Waals surface area contributed by atoms with Gasteiger partial charge in [-0.05, 0) is 70.3 Å². The molecular formula is C24H32N4O. The smallest absolute Gasteiger partial charge is 0.195 e. The van der Waals surface area contributed by atoms with Crippen molar-refractivity contribution in [2.75, 3.05) is 18.0 Å². The van der Waals surface area contributed by atoms with Gasteiger partial charge < -0.3 is 9.32 Å². The lowest BCUT2D eigenvalue weighted by Crippen LogP contribution is -2.32. The molecule has 1 aromatic carbocycles. The summed E-state index contributed by atoms with van der Waals surface area (Å²) in [6.07, 6.45) is 6.48. The number of aromatic nitrogens is 2. The highest BCUT2D eigenvalue weighted by molar-refractivity contribution is 5.72. The van der Waals surface area contributed by atoms with Crippen molar-refractivity contribution >= 4 is 16.9 Å². The van der Waals surface area contributed by atoms with Crippen molar-refractivity contribution < 1.29 is 4.42 Å². The SMILES string of the molecule is CC(C)N(CCCc1nc2ccccc2o1)Cc1ccc(N2CCC[C@@H]2C)nc1. The van der Waals surface area contributed by atoms with Crippen LogP contribution in [-0.2, 0) is 13.0 Å². The van der Waals surface area contributed by atoms with Crippen molar-refractivity contribution in [1.29, 1.82) is 0 Å². The second-order valence-electron chi connectivity index (χ2n) is 8.45. The molecule has 0 unspecified atom stereocenters. The Bertz CT molecular complexity index is 885. The number of pyridine rings is 1. The molecule has 0 spiro atoms. The van der Waals surface area contributed by atoms with Crippen LogP contribution < -0.4 is 4.90 Å². The van der Waals surface area contributed by atoms with E-state index in [2.05, 4.69) is 53.9 Å². The summed E-state index contributed by atoms with van der Waals surface area (Å²) in [5.41, 5.74) is 3.10. The number of hydrogen-bond acceptors (Lipinski definition) is 5. The third-order valence-electron chi connectivity index (χ3n) is 5.95. The average molecular weight is 393 g/mol. The molecule has 29 heavy (non-hydrogen) atoms. The van der Waals surface area contributed by atoms with Crippen LogP contribution in [0.25, 0.3) is 11.1 Å². The van der Waals surface area contributed by atoms with Crippen LogP contribution in [0.4, 0.5) is 5.82 Å². The van der Waals surface area contributed by atoms with Gasteiger partial charge in [0.1, 0.15) is 11.3 Å². The molecule has 154 valence electrons. The quantitative estimate of drug-likeness (QED) is 0.536. The maximum Gasteiger partial charge on any atom is 0.195 e. The summed E-state index contributed by atoms with van der Waals surface area (Å²) < 4.78 is 5.85. The number of para-hydroxylation sites is 2. The minimum Gasteiger partial charge on any atom is -0.441 e. The largest absolute Gasteiger partial charge is 0.441 e. The number of aryl methyl sites for hydroxylation is 1. The van der Waals surface area contributed by atoms with Gasteiger partial charge in [-0.25, -0.2) is 9.97 Å². The molecule has 0 amide bonds. The van der Waals surface area contributed by atoms with E-state index >= 15 is 0 Å². The fraction of sp³-hybridized carbons (Fsp3) is 0.500. The van der Waals surface area contributed by atoms with E-state index in [4.69, 9.17) is 9.40 Å². The van der Waals surface area contributed by atoms with Crippen molar-refractivity contribution in [3.63, 3.8) is 0 Å². The Balaban J connectivity index is 1.32. The van der Waals surface area contributed by atoms with E-state index in [0.29, 0.717) is 12.1 Å². The molecule has 5 heteroatoms. The molecule has 1 atom stereocenters. The van der Waals surface area contributed by atoms with Crippen LogP contribution >= 0.6 is 0 Å². The van der Waals surface area contributed by atoms with Gasteiger partial charge in [-0.15, -0.1) is 0 Å². The average Bonchev–Trinajstić information content (AvgIpc) is 3.33. The molecule has 1 fully saturated rings. The van der Waals surface area contributed by atoms with Gasteiger partial charge in [0.2, 0.25) is 0 Å². The Kier molecular flexibility index (Phi) is 6.14. The number of anilines is 1. The highest BCUT2D eigenvalue weighted by Gasteiger charge is 2.21. The van der Waals surface area contributed by atoms with Gasteiger partial charge in [0.25, 0.3) is 0 Å². The summed E-state index contributed by atoms with van der Waals surface area (Å²) in [6.45, 7) is 9.87. The lowest BCUT2D eigenvalue weighted by atomic mass is 10.2.